The second-order valence-electron chi connectivity index (χ2n) is 7.57. The van der Waals surface area contributed by atoms with Gasteiger partial charge in [-0.2, -0.15) is 0 Å². The van der Waals surface area contributed by atoms with Crippen LogP contribution in [0.4, 0.5) is 5.69 Å². The van der Waals surface area contributed by atoms with Gasteiger partial charge in [0.25, 0.3) is 0 Å². The first kappa shape index (κ1) is 22.6. The molecule has 8 heteroatoms. The van der Waals surface area contributed by atoms with Crippen molar-refractivity contribution in [1.82, 2.24) is 20.1 Å². The predicted molar refractivity (Wildman–Crippen MR) is 124 cm³/mol. The fraction of sp³-hybridized carbons (Fsp3) is 0.304. The molecule has 0 aliphatic rings. The van der Waals surface area contributed by atoms with Crippen LogP contribution < -0.4 is 10.6 Å². The highest BCUT2D eigenvalue weighted by Gasteiger charge is 2.20. The Labute approximate surface area is 186 Å². The van der Waals surface area contributed by atoms with E-state index >= 15 is 0 Å². The fourth-order valence-corrected chi connectivity index (χ4v) is 4.12. The number of nitrogens with zero attached hydrogens (tertiary/aromatic N) is 3. The predicted octanol–water partition coefficient (Wildman–Crippen LogP) is 3.74. The van der Waals surface area contributed by atoms with Crippen molar-refractivity contribution in [3.8, 4) is 5.69 Å². The van der Waals surface area contributed by atoms with E-state index in [-0.39, 0.29) is 18.4 Å². The second kappa shape index (κ2) is 9.78. The summed E-state index contributed by atoms with van der Waals surface area (Å²) in [7, 11) is 0. The molecule has 0 radical (unpaired) electrons. The number of para-hydroxylation sites is 1. The molecule has 1 heterocycles. The van der Waals surface area contributed by atoms with Gasteiger partial charge in [-0.25, -0.2) is 0 Å². The number of hydrogen-bond acceptors (Lipinski definition) is 5. The van der Waals surface area contributed by atoms with Gasteiger partial charge in [-0.05, 0) is 57.4 Å². The van der Waals surface area contributed by atoms with E-state index in [4.69, 9.17) is 0 Å². The molecular formula is C23H27N5O2S. The maximum atomic E-state index is 12.6. The normalized spacial score (nSPS) is 11.8. The van der Waals surface area contributed by atoms with Gasteiger partial charge in [0.1, 0.15) is 6.33 Å². The Morgan fingerprint density at radius 1 is 1.06 bits per heavy atom. The summed E-state index contributed by atoms with van der Waals surface area (Å²) in [6.07, 6.45) is 1.64. The summed E-state index contributed by atoms with van der Waals surface area (Å²) in [4.78, 5) is 24.9. The lowest BCUT2D eigenvalue weighted by molar-refractivity contribution is -0.123. The average Bonchev–Trinajstić information content (AvgIpc) is 3.16. The summed E-state index contributed by atoms with van der Waals surface area (Å²) >= 11 is 1.30. The van der Waals surface area contributed by atoms with Crippen molar-refractivity contribution >= 4 is 29.3 Å². The summed E-state index contributed by atoms with van der Waals surface area (Å²) in [5.74, 6) is -0.502. The lowest BCUT2D eigenvalue weighted by atomic mass is 10.1. The molecule has 0 spiro atoms. The number of carbonyl (C=O) groups excluding carboxylic acids is 2. The standard InChI is InChI=1S/C23H27N5O2S/c1-14-9-10-19(17(4)11-14)28-13-25-27-23(28)31-18(5)22(30)24-12-20(29)26-21-15(2)7-6-8-16(21)3/h6-11,13,18H,12H2,1-5H3,(H,24,30)(H,26,29). The highest BCUT2D eigenvalue weighted by atomic mass is 32.2. The molecule has 0 fully saturated rings. The summed E-state index contributed by atoms with van der Waals surface area (Å²) < 4.78 is 1.87. The quantitative estimate of drug-likeness (QED) is 0.550. The van der Waals surface area contributed by atoms with Crippen molar-refractivity contribution in [2.45, 2.75) is 45.0 Å². The Kier molecular flexibility index (Phi) is 7.12. The van der Waals surface area contributed by atoms with Crippen molar-refractivity contribution in [1.29, 1.82) is 0 Å². The van der Waals surface area contributed by atoms with Gasteiger partial charge in [0.15, 0.2) is 5.16 Å². The molecule has 7 nitrogen and oxygen atoms in total. The van der Waals surface area contributed by atoms with Crippen LogP contribution in [0.3, 0.4) is 0 Å². The number of rotatable bonds is 7. The molecule has 3 aromatic rings. The van der Waals surface area contributed by atoms with Crippen LogP contribution in [0.1, 0.15) is 29.2 Å². The largest absolute Gasteiger partial charge is 0.346 e. The third-order valence-electron chi connectivity index (χ3n) is 4.95. The molecule has 2 amide bonds. The molecule has 2 N–H and O–H groups in total. The third-order valence-corrected chi connectivity index (χ3v) is 6.01. The van der Waals surface area contributed by atoms with Crippen LogP contribution in [0.2, 0.25) is 0 Å². The number of aromatic nitrogens is 3. The molecule has 3 rings (SSSR count). The Hall–Kier alpha value is -3.13. The Balaban J connectivity index is 1.59. The van der Waals surface area contributed by atoms with Gasteiger partial charge in [-0.3, -0.25) is 14.2 Å². The van der Waals surface area contributed by atoms with Gasteiger partial charge in [-0.1, -0.05) is 47.7 Å². The third kappa shape index (κ3) is 5.52. The molecule has 162 valence electrons. The van der Waals surface area contributed by atoms with E-state index < -0.39 is 5.25 Å². The number of nitrogens with one attached hydrogen (secondary N) is 2. The maximum Gasteiger partial charge on any atom is 0.243 e. The number of anilines is 1. The fourth-order valence-electron chi connectivity index (χ4n) is 3.26. The molecule has 0 bridgehead atoms. The topological polar surface area (TPSA) is 88.9 Å². The average molecular weight is 438 g/mol. The van der Waals surface area contributed by atoms with Crippen molar-refractivity contribution < 1.29 is 9.59 Å². The monoisotopic (exact) mass is 437 g/mol. The highest BCUT2D eigenvalue weighted by Crippen LogP contribution is 2.26. The Morgan fingerprint density at radius 2 is 1.77 bits per heavy atom. The van der Waals surface area contributed by atoms with Crippen LogP contribution in [0.5, 0.6) is 0 Å². The van der Waals surface area contributed by atoms with Gasteiger partial charge >= 0.3 is 0 Å². The smallest absolute Gasteiger partial charge is 0.243 e. The van der Waals surface area contributed by atoms with Crippen molar-refractivity contribution in [2.75, 3.05) is 11.9 Å². The Morgan fingerprint density at radius 3 is 2.45 bits per heavy atom. The zero-order valence-corrected chi connectivity index (χ0v) is 19.2. The van der Waals surface area contributed by atoms with E-state index in [0.717, 1.165) is 28.1 Å². The van der Waals surface area contributed by atoms with Gasteiger partial charge in [-0.15, -0.1) is 10.2 Å². The molecule has 31 heavy (non-hydrogen) atoms. The summed E-state index contributed by atoms with van der Waals surface area (Å²) in [6.45, 7) is 9.63. The second-order valence-corrected chi connectivity index (χ2v) is 8.87. The summed E-state index contributed by atoms with van der Waals surface area (Å²) in [6, 6.07) is 12.0. The molecule has 2 aromatic carbocycles. The van der Waals surface area contributed by atoms with Crippen molar-refractivity contribution in [2.24, 2.45) is 0 Å². The molecule has 1 aromatic heterocycles. The number of amides is 2. The molecule has 0 saturated heterocycles. The maximum absolute atomic E-state index is 12.6. The van der Waals surface area contributed by atoms with Crippen LogP contribution >= 0.6 is 11.8 Å². The zero-order chi connectivity index (χ0) is 22.5. The molecular weight excluding hydrogens is 410 g/mol. The lowest BCUT2D eigenvalue weighted by Crippen LogP contribution is -2.37. The summed E-state index contributed by atoms with van der Waals surface area (Å²) in [5, 5.41) is 13.9. The van der Waals surface area contributed by atoms with Crippen LogP contribution in [-0.2, 0) is 9.59 Å². The first-order valence-corrected chi connectivity index (χ1v) is 10.9. The van der Waals surface area contributed by atoms with E-state index in [1.165, 1.54) is 17.3 Å². The Bertz CT molecular complexity index is 1090. The van der Waals surface area contributed by atoms with Crippen LogP contribution in [0.15, 0.2) is 47.9 Å². The summed E-state index contributed by atoms with van der Waals surface area (Å²) in [5.41, 5.74) is 5.99. The van der Waals surface area contributed by atoms with Gasteiger partial charge in [0.2, 0.25) is 11.8 Å². The van der Waals surface area contributed by atoms with Gasteiger partial charge in [0, 0.05) is 5.69 Å². The number of aryl methyl sites for hydroxylation is 4. The van der Waals surface area contributed by atoms with Crippen LogP contribution in [-0.4, -0.2) is 38.4 Å². The van der Waals surface area contributed by atoms with E-state index in [1.54, 1.807) is 13.3 Å². The SMILES string of the molecule is Cc1ccc(-n2cnnc2SC(C)C(=O)NCC(=O)Nc2c(C)cccc2C)c(C)c1. The minimum atomic E-state index is -0.443. The van der Waals surface area contributed by atoms with E-state index in [2.05, 4.69) is 26.9 Å². The lowest BCUT2D eigenvalue weighted by Gasteiger charge is -2.15. The van der Waals surface area contributed by atoms with Gasteiger partial charge in [0.05, 0.1) is 17.5 Å². The first-order valence-electron chi connectivity index (χ1n) is 10.0. The van der Waals surface area contributed by atoms with Crippen LogP contribution in [0, 0.1) is 27.7 Å². The minimum Gasteiger partial charge on any atom is -0.346 e. The first-order chi connectivity index (χ1) is 14.8. The van der Waals surface area contributed by atoms with Crippen molar-refractivity contribution in [3.63, 3.8) is 0 Å². The highest BCUT2D eigenvalue weighted by molar-refractivity contribution is 8.00. The molecule has 0 aliphatic carbocycles. The van der Waals surface area contributed by atoms with Crippen LogP contribution in [0.25, 0.3) is 5.69 Å². The molecule has 1 unspecified atom stereocenters. The van der Waals surface area contributed by atoms with Crippen molar-refractivity contribution in [3.05, 3.63) is 65.0 Å². The number of hydrogen-bond donors (Lipinski definition) is 2. The van der Waals surface area contributed by atoms with Gasteiger partial charge < -0.3 is 10.6 Å². The zero-order valence-electron chi connectivity index (χ0n) is 18.4. The van der Waals surface area contributed by atoms with E-state index in [1.807, 2.05) is 62.6 Å². The number of benzene rings is 2. The molecule has 0 aliphatic heterocycles. The number of carbonyl (C=O) groups is 2. The molecule has 1 atom stereocenters. The van der Waals surface area contributed by atoms with E-state index in [0.29, 0.717) is 5.16 Å². The van der Waals surface area contributed by atoms with E-state index in [9.17, 15) is 9.59 Å². The number of thioether (sulfide) groups is 1. The molecule has 0 saturated carbocycles. The minimum absolute atomic E-state index is 0.0960.